The summed E-state index contributed by atoms with van der Waals surface area (Å²) in [5, 5.41) is 0. The number of methoxy groups -OCH3 is 1. The molecule has 0 radical (unpaired) electrons. The van der Waals surface area contributed by atoms with E-state index in [4.69, 9.17) is 4.74 Å². The zero-order valence-electron chi connectivity index (χ0n) is 11.2. The van der Waals surface area contributed by atoms with Gasteiger partial charge in [-0.1, -0.05) is 12.1 Å². The Bertz CT molecular complexity index is 378. The van der Waals surface area contributed by atoms with Crippen LogP contribution in [0.1, 0.15) is 19.4 Å². The van der Waals surface area contributed by atoms with Crippen LogP contribution in [0.3, 0.4) is 0 Å². The second-order valence-corrected chi connectivity index (χ2v) is 4.84. The molecule has 0 aliphatic heterocycles. The second kappa shape index (κ2) is 7.44. The quantitative estimate of drug-likeness (QED) is 0.802. The number of rotatable bonds is 6. The van der Waals surface area contributed by atoms with Crippen molar-refractivity contribution in [3.8, 4) is 0 Å². The number of nitrogens with zero attached hydrogens (tertiary/aromatic N) is 1. The van der Waals surface area contributed by atoms with Gasteiger partial charge >= 0.3 is 0 Å². The number of hydrogen-bond donors (Lipinski definition) is 1. The fraction of sp³-hybridized carbons (Fsp3) is 0.500. The molecule has 18 heavy (non-hydrogen) atoms. The zero-order chi connectivity index (χ0) is 13.5. The second-order valence-electron chi connectivity index (χ2n) is 4.33. The first-order valence-corrected chi connectivity index (χ1v) is 6.59. The molecule has 0 spiro atoms. The van der Waals surface area contributed by atoms with Gasteiger partial charge < -0.3 is 9.64 Å². The Morgan fingerprint density at radius 1 is 1.39 bits per heavy atom. The zero-order valence-corrected chi connectivity index (χ0v) is 12.1. The molecular weight excluding hydrogens is 246 g/mol. The van der Waals surface area contributed by atoms with E-state index in [1.807, 2.05) is 43.0 Å². The van der Waals surface area contributed by atoms with Gasteiger partial charge in [0.15, 0.2) is 0 Å². The third-order valence-electron chi connectivity index (χ3n) is 2.89. The van der Waals surface area contributed by atoms with Gasteiger partial charge in [-0.25, -0.2) is 0 Å². The van der Waals surface area contributed by atoms with Crippen LogP contribution < -0.4 is 0 Å². The highest BCUT2D eigenvalue weighted by molar-refractivity contribution is 7.80. The molecule has 0 bridgehead atoms. The molecular formula is C14H21NO2S. The average molecular weight is 267 g/mol. The first-order chi connectivity index (χ1) is 8.58. The highest BCUT2D eigenvalue weighted by Crippen LogP contribution is 2.10. The van der Waals surface area contributed by atoms with Crippen molar-refractivity contribution in [1.82, 2.24) is 4.90 Å². The minimum absolute atomic E-state index is 0.108. The smallest absolute Gasteiger partial charge is 0.227 e. The Hall–Kier alpha value is -1.00. The van der Waals surface area contributed by atoms with Crippen molar-refractivity contribution in [2.75, 3.05) is 20.3 Å². The summed E-state index contributed by atoms with van der Waals surface area (Å²) in [6, 6.07) is 7.79. The van der Waals surface area contributed by atoms with E-state index in [1.165, 1.54) is 0 Å². The molecule has 4 heteroatoms. The molecule has 0 saturated heterocycles. The molecule has 1 aromatic rings. The number of carbonyl (C=O) groups is 1. The van der Waals surface area contributed by atoms with E-state index >= 15 is 0 Å². The van der Waals surface area contributed by atoms with Crippen LogP contribution >= 0.6 is 12.6 Å². The Morgan fingerprint density at radius 3 is 2.50 bits per heavy atom. The van der Waals surface area contributed by atoms with Crippen molar-refractivity contribution in [3.63, 3.8) is 0 Å². The Morgan fingerprint density at radius 2 is 2.00 bits per heavy atom. The van der Waals surface area contributed by atoms with Crippen LogP contribution in [0.25, 0.3) is 0 Å². The Labute approximate surface area is 115 Å². The predicted molar refractivity (Wildman–Crippen MR) is 76.1 cm³/mol. The molecule has 0 aliphatic carbocycles. The van der Waals surface area contributed by atoms with Gasteiger partial charge in [-0.15, -0.1) is 12.6 Å². The number of benzene rings is 1. The summed E-state index contributed by atoms with van der Waals surface area (Å²) in [4.78, 5) is 15.0. The molecule has 3 nitrogen and oxygen atoms in total. The maximum Gasteiger partial charge on any atom is 0.227 e. The van der Waals surface area contributed by atoms with Crippen molar-refractivity contribution in [1.29, 1.82) is 0 Å². The summed E-state index contributed by atoms with van der Waals surface area (Å²) in [5.41, 5.74) is 1.01. The summed E-state index contributed by atoms with van der Waals surface area (Å²) < 4.78 is 5.10. The van der Waals surface area contributed by atoms with Gasteiger partial charge in [-0.3, -0.25) is 4.79 Å². The summed E-state index contributed by atoms with van der Waals surface area (Å²) >= 11 is 4.23. The van der Waals surface area contributed by atoms with E-state index in [9.17, 15) is 4.79 Å². The first kappa shape index (κ1) is 15.1. The number of ether oxygens (including phenoxy) is 1. The molecule has 0 aliphatic rings. The van der Waals surface area contributed by atoms with Crippen LogP contribution in [0.2, 0.25) is 0 Å². The van der Waals surface area contributed by atoms with Gasteiger partial charge in [0.1, 0.15) is 0 Å². The summed E-state index contributed by atoms with van der Waals surface area (Å²) in [7, 11) is 1.65. The van der Waals surface area contributed by atoms with Crippen LogP contribution in [0.15, 0.2) is 29.2 Å². The number of amides is 1. The molecule has 0 saturated carbocycles. The summed E-state index contributed by atoms with van der Waals surface area (Å²) in [6.07, 6.45) is 0.427. The van der Waals surface area contributed by atoms with Gasteiger partial charge in [0, 0.05) is 18.6 Å². The topological polar surface area (TPSA) is 29.5 Å². The minimum atomic E-state index is 0.108. The normalized spacial score (nSPS) is 12.2. The maximum atomic E-state index is 12.2. The third-order valence-corrected chi connectivity index (χ3v) is 3.19. The van der Waals surface area contributed by atoms with Gasteiger partial charge in [-0.05, 0) is 31.5 Å². The van der Waals surface area contributed by atoms with Crippen molar-refractivity contribution in [3.05, 3.63) is 29.8 Å². The molecule has 1 atom stereocenters. The average Bonchev–Trinajstić information content (AvgIpc) is 2.33. The predicted octanol–water partition coefficient (Wildman–Crippen LogP) is 2.40. The Kier molecular flexibility index (Phi) is 6.22. The fourth-order valence-electron chi connectivity index (χ4n) is 1.95. The van der Waals surface area contributed by atoms with Gasteiger partial charge in [-0.2, -0.15) is 0 Å². The van der Waals surface area contributed by atoms with Crippen molar-refractivity contribution in [2.45, 2.75) is 31.2 Å². The largest absolute Gasteiger partial charge is 0.383 e. The number of thiol groups is 1. The molecule has 1 amide bonds. The lowest BCUT2D eigenvalue weighted by atomic mass is 10.1. The van der Waals surface area contributed by atoms with Crippen LogP contribution in [-0.2, 0) is 16.0 Å². The van der Waals surface area contributed by atoms with Crippen molar-refractivity contribution >= 4 is 18.5 Å². The molecule has 1 rings (SSSR count). The lowest BCUT2D eigenvalue weighted by molar-refractivity contribution is -0.133. The molecule has 0 heterocycles. The minimum Gasteiger partial charge on any atom is -0.383 e. The molecule has 0 N–H and O–H groups in total. The molecule has 100 valence electrons. The van der Waals surface area contributed by atoms with Crippen LogP contribution in [0, 0.1) is 0 Å². The van der Waals surface area contributed by atoms with Crippen molar-refractivity contribution in [2.24, 2.45) is 0 Å². The number of likely N-dealkylation sites (N-methyl/N-ethyl adjacent to an activating group) is 1. The number of hydrogen-bond acceptors (Lipinski definition) is 3. The van der Waals surface area contributed by atoms with Gasteiger partial charge in [0.05, 0.1) is 19.1 Å². The van der Waals surface area contributed by atoms with E-state index in [-0.39, 0.29) is 11.9 Å². The molecule has 1 aromatic carbocycles. The number of carbonyl (C=O) groups excluding carboxylic acids is 1. The van der Waals surface area contributed by atoms with Crippen LogP contribution in [0.5, 0.6) is 0 Å². The summed E-state index contributed by atoms with van der Waals surface area (Å²) in [6.45, 7) is 5.26. The van der Waals surface area contributed by atoms with E-state index in [1.54, 1.807) is 7.11 Å². The molecule has 0 aromatic heterocycles. The highest BCUT2D eigenvalue weighted by Gasteiger charge is 2.18. The van der Waals surface area contributed by atoms with Crippen LogP contribution in [0.4, 0.5) is 0 Å². The lowest BCUT2D eigenvalue weighted by Crippen LogP contribution is -2.41. The van der Waals surface area contributed by atoms with Gasteiger partial charge in [0.25, 0.3) is 0 Å². The van der Waals surface area contributed by atoms with E-state index in [2.05, 4.69) is 12.6 Å². The Balaban J connectivity index is 2.64. The summed E-state index contributed by atoms with van der Waals surface area (Å²) in [5.74, 6) is 0.133. The van der Waals surface area contributed by atoms with E-state index < -0.39 is 0 Å². The van der Waals surface area contributed by atoms with Gasteiger partial charge in [0.2, 0.25) is 5.91 Å². The standard InChI is InChI=1S/C14H21NO2S/c1-4-15(11(2)10-17-3)14(16)9-12-5-7-13(18)8-6-12/h5-8,11,18H,4,9-10H2,1-3H3. The molecule has 0 fully saturated rings. The van der Waals surface area contributed by atoms with E-state index in [0.717, 1.165) is 10.5 Å². The van der Waals surface area contributed by atoms with Crippen molar-refractivity contribution < 1.29 is 9.53 Å². The van der Waals surface area contributed by atoms with Crippen LogP contribution in [-0.4, -0.2) is 37.1 Å². The maximum absolute atomic E-state index is 12.2. The van der Waals surface area contributed by atoms with E-state index in [0.29, 0.717) is 19.6 Å². The monoisotopic (exact) mass is 267 g/mol. The molecule has 1 unspecified atom stereocenters. The third kappa shape index (κ3) is 4.35. The first-order valence-electron chi connectivity index (χ1n) is 6.14. The fourth-order valence-corrected chi connectivity index (χ4v) is 2.10. The lowest BCUT2D eigenvalue weighted by Gasteiger charge is -2.27. The highest BCUT2D eigenvalue weighted by atomic mass is 32.1. The SMILES string of the molecule is CCN(C(=O)Cc1ccc(S)cc1)C(C)COC.